The highest BCUT2D eigenvalue weighted by Gasteiger charge is 2.40. The number of hydrogen-bond donors (Lipinski definition) is 0. The number of rotatable bonds is 3. The van der Waals surface area contributed by atoms with Gasteiger partial charge < -0.3 is 4.74 Å². The fourth-order valence-corrected chi connectivity index (χ4v) is 8.03. The number of benzene rings is 4. The Morgan fingerprint density at radius 1 is 0.533 bits per heavy atom. The molecule has 1 aliphatic rings. The van der Waals surface area contributed by atoms with Crippen molar-refractivity contribution in [3.8, 4) is 11.5 Å². The summed E-state index contributed by atoms with van der Waals surface area (Å²) in [6.07, 6.45) is -9.05. The van der Waals surface area contributed by atoms with Gasteiger partial charge in [0, 0.05) is 21.8 Å². The molecule has 1 nitrogen and oxygen atoms in total. The zero-order valence-electron chi connectivity index (χ0n) is 26.6. The van der Waals surface area contributed by atoms with Crippen LogP contribution in [-0.2, 0) is 28.6 Å². The molecule has 0 bridgehead atoms. The average Bonchev–Trinajstić information content (AvgIpc) is 2.92. The van der Waals surface area contributed by atoms with E-state index in [9.17, 15) is 26.3 Å². The average molecular weight is 643 g/mol. The molecule has 0 aliphatic carbocycles. The van der Waals surface area contributed by atoms with Gasteiger partial charge in [-0.25, -0.2) is 0 Å². The normalized spacial score (nSPS) is 15.0. The van der Waals surface area contributed by atoms with Crippen LogP contribution in [0.15, 0.2) is 78.9 Å². The monoisotopic (exact) mass is 642 g/mol. The molecule has 4 aromatic carbocycles. The Morgan fingerprint density at radius 2 is 0.956 bits per heavy atom. The van der Waals surface area contributed by atoms with Gasteiger partial charge in [-0.2, -0.15) is 26.3 Å². The minimum atomic E-state index is -4.52. The van der Waals surface area contributed by atoms with Crippen molar-refractivity contribution in [1.82, 2.24) is 0 Å². The fourth-order valence-electron chi connectivity index (χ4n) is 5.64. The Balaban J connectivity index is 1.80. The second-order valence-corrected chi connectivity index (χ2v) is 16.4. The van der Waals surface area contributed by atoms with Gasteiger partial charge >= 0.3 is 12.4 Å². The van der Waals surface area contributed by atoms with Crippen molar-refractivity contribution < 1.29 is 31.1 Å². The van der Waals surface area contributed by atoms with Crippen molar-refractivity contribution in [1.29, 1.82) is 0 Å². The number of hydrogen-bond acceptors (Lipinski definition) is 1. The summed E-state index contributed by atoms with van der Waals surface area (Å²) in [5.74, 6) is 1.27. The maximum Gasteiger partial charge on any atom is 0.416 e. The summed E-state index contributed by atoms with van der Waals surface area (Å²) in [6, 6.07) is 20.2. The molecule has 0 N–H and O–H groups in total. The lowest BCUT2D eigenvalue weighted by Gasteiger charge is -2.39. The first-order chi connectivity index (χ1) is 20.6. The molecule has 0 radical (unpaired) electrons. The molecule has 0 amide bonds. The Labute approximate surface area is 262 Å². The lowest BCUT2D eigenvalue weighted by Crippen LogP contribution is -2.32. The highest BCUT2D eigenvalue weighted by Crippen LogP contribution is 2.52. The standard InChI is InChI=1S/C37H37F6OP/c1-33(2,3)24-13-18-30-28(19-24)35(7,8)29-20-25(34(4,5)6)21-31(32(29)44-30)45(26-14-9-22(10-15-26)36(38,39)40)27-16-11-23(12-17-27)37(41,42)43/h9-21H,1-8H3. The van der Waals surface area contributed by atoms with Gasteiger partial charge in [0.2, 0.25) is 0 Å². The van der Waals surface area contributed by atoms with Crippen LogP contribution in [0.2, 0.25) is 0 Å². The molecular formula is C37H37F6OP. The topological polar surface area (TPSA) is 9.23 Å². The molecule has 0 spiro atoms. The fraction of sp³-hybridized carbons (Fsp3) is 0.351. The Kier molecular flexibility index (Phi) is 8.01. The van der Waals surface area contributed by atoms with E-state index >= 15 is 0 Å². The van der Waals surface area contributed by atoms with Crippen LogP contribution < -0.4 is 20.7 Å². The van der Waals surface area contributed by atoms with Crippen LogP contribution in [0.3, 0.4) is 0 Å². The highest BCUT2D eigenvalue weighted by atomic mass is 31.1. The number of ether oxygens (including phenoxy) is 1. The third-order valence-corrected chi connectivity index (χ3v) is 10.9. The predicted molar refractivity (Wildman–Crippen MR) is 171 cm³/mol. The summed E-state index contributed by atoms with van der Waals surface area (Å²) in [5, 5.41) is 1.88. The van der Waals surface area contributed by atoms with Crippen molar-refractivity contribution >= 4 is 23.8 Å². The van der Waals surface area contributed by atoms with Gasteiger partial charge in [0.15, 0.2) is 0 Å². The van der Waals surface area contributed by atoms with Gasteiger partial charge in [0.05, 0.1) is 11.1 Å². The number of fused-ring (bicyclic) bond motifs is 2. The molecule has 0 atom stereocenters. The molecule has 5 rings (SSSR count). The zero-order chi connectivity index (χ0) is 33.3. The van der Waals surface area contributed by atoms with Gasteiger partial charge in [-0.3, -0.25) is 0 Å². The van der Waals surface area contributed by atoms with Crippen molar-refractivity contribution in [2.75, 3.05) is 0 Å². The molecule has 1 aliphatic heterocycles. The highest BCUT2D eigenvalue weighted by molar-refractivity contribution is 7.80. The van der Waals surface area contributed by atoms with E-state index in [1.807, 2.05) is 18.2 Å². The SMILES string of the molecule is CC(C)(C)c1ccc2c(c1)C(C)(C)c1cc(C(C)(C)C)cc(P(c3ccc(C(F)(F)F)cc3)c3ccc(C(F)(F)F)cc3)c1O2. The lowest BCUT2D eigenvalue weighted by atomic mass is 9.72. The minimum absolute atomic E-state index is 0.0940. The van der Waals surface area contributed by atoms with E-state index in [-0.39, 0.29) is 10.8 Å². The van der Waals surface area contributed by atoms with Crippen LogP contribution in [0, 0.1) is 0 Å². The van der Waals surface area contributed by atoms with Crippen molar-refractivity contribution in [3.63, 3.8) is 0 Å². The number of halogens is 6. The Morgan fingerprint density at radius 3 is 1.38 bits per heavy atom. The maximum absolute atomic E-state index is 13.5. The van der Waals surface area contributed by atoms with Crippen LogP contribution in [0.4, 0.5) is 26.3 Å². The Bertz CT molecular complexity index is 1660. The summed E-state index contributed by atoms with van der Waals surface area (Å²) in [4.78, 5) is 0. The first kappa shape index (κ1) is 33.1. The van der Waals surface area contributed by atoms with Crippen molar-refractivity contribution in [2.24, 2.45) is 0 Å². The molecule has 4 aromatic rings. The van der Waals surface area contributed by atoms with E-state index in [4.69, 9.17) is 4.74 Å². The van der Waals surface area contributed by atoms with E-state index in [1.54, 1.807) is 0 Å². The number of alkyl halides is 6. The van der Waals surface area contributed by atoms with Crippen LogP contribution in [0.1, 0.15) is 88.8 Å². The third-order valence-electron chi connectivity index (χ3n) is 8.49. The second kappa shape index (κ2) is 10.9. The Hall–Kier alpha value is -3.31. The van der Waals surface area contributed by atoms with Crippen molar-refractivity contribution in [2.45, 2.75) is 84.0 Å². The molecule has 8 heteroatoms. The molecule has 0 aromatic heterocycles. The first-order valence-electron chi connectivity index (χ1n) is 14.7. The quantitative estimate of drug-likeness (QED) is 0.160. The largest absolute Gasteiger partial charge is 0.456 e. The van der Waals surface area contributed by atoms with Crippen LogP contribution in [0.5, 0.6) is 11.5 Å². The molecule has 0 fully saturated rings. The smallest absolute Gasteiger partial charge is 0.416 e. The molecule has 0 saturated carbocycles. The van der Waals surface area contributed by atoms with Crippen molar-refractivity contribution in [3.05, 3.63) is 112 Å². The van der Waals surface area contributed by atoms with Gasteiger partial charge in [0.25, 0.3) is 0 Å². The minimum Gasteiger partial charge on any atom is -0.456 e. The first-order valence-corrected chi connectivity index (χ1v) is 16.1. The van der Waals surface area contributed by atoms with Gasteiger partial charge in [0.1, 0.15) is 11.5 Å². The molecule has 0 saturated heterocycles. The van der Waals surface area contributed by atoms with Crippen LogP contribution >= 0.6 is 7.92 Å². The molecule has 0 unspecified atom stereocenters. The summed E-state index contributed by atoms with van der Waals surface area (Å²) >= 11 is 0. The molecule has 1 heterocycles. The summed E-state index contributed by atoms with van der Waals surface area (Å²) < 4.78 is 87.9. The van der Waals surface area contributed by atoms with Gasteiger partial charge in [-0.05, 0) is 76.9 Å². The molecule has 45 heavy (non-hydrogen) atoms. The summed E-state index contributed by atoms with van der Waals surface area (Å²) in [7, 11) is -1.64. The zero-order valence-corrected chi connectivity index (χ0v) is 27.5. The van der Waals surface area contributed by atoms with E-state index in [2.05, 4.69) is 67.5 Å². The third kappa shape index (κ3) is 6.38. The predicted octanol–water partition coefficient (Wildman–Crippen LogP) is 10.5. The summed E-state index contributed by atoms with van der Waals surface area (Å²) in [5.41, 5.74) is 1.60. The van der Waals surface area contributed by atoms with E-state index in [0.717, 1.165) is 51.8 Å². The van der Waals surface area contributed by atoms with Gasteiger partial charge in [-0.1, -0.05) is 97.9 Å². The van der Waals surface area contributed by atoms with E-state index < -0.39 is 36.8 Å². The molecule has 238 valence electrons. The lowest BCUT2D eigenvalue weighted by molar-refractivity contribution is -0.138. The van der Waals surface area contributed by atoms with Crippen LogP contribution in [0.25, 0.3) is 0 Å². The maximum atomic E-state index is 13.5. The van der Waals surface area contributed by atoms with Gasteiger partial charge in [-0.15, -0.1) is 0 Å². The second-order valence-electron chi connectivity index (χ2n) is 14.2. The summed E-state index contributed by atoms with van der Waals surface area (Å²) in [6.45, 7) is 17.0. The van der Waals surface area contributed by atoms with Crippen LogP contribution in [-0.4, -0.2) is 0 Å². The van der Waals surface area contributed by atoms with E-state index in [0.29, 0.717) is 22.1 Å². The molecular weight excluding hydrogens is 605 g/mol. The van der Waals surface area contributed by atoms with E-state index in [1.165, 1.54) is 24.3 Å².